The predicted molar refractivity (Wildman–Crippen MR) is 72.9 cm³/mol. The number of nitrogens with two attached hydrogens (primary N) is 1. The molecule has 0 amide bonds. The van der Waals surface area contributed by atoms with Gasteiger partial charge in [0.1, 0.15) is 5.75 Å². The standard InChI is InChI=1S/C15H23NO2/c1-17-13-5-2-12(3-6-13)4-7-14-8-9-15(18-14)10-11-16/h2-3,5-6,14-15H,4,7-11,16H2,1H3. The fourth-order valence-corrected chi connectivity index (χ4v) is 2.51. The molecule has 0 aromatic heterocycles. The van der Waals surface area contributed by atoms with Gasteiger partial charge in [0.25, 0.3) is 0 Å². The van der Waals surface area contributed by atoms with Gasteiger partial charge in [-0.3, -0.25) is 0 Å². The van der Waals surface area contributed by atoms with Crippen molar-refractivity contribution in [3.63, 3.8) is 0 Å². The second-order valence-electron chi connectivity index (χ2n) is 4.92. The van der Waals surface area contributed by atoms with Crippen LogP contribution in [-0.4, -0.2) is 25.9 Å². The van der Waals surface area contributed by atoms with Crippen molar-refractivity contribution in [2.75, 3.05) is 13.7 Å². The molecule has 0 bridgehead atoms. The van der Waals surface area contributed by atoms with Crippen molar-refractivity contribution < 1.29 is 9.47 Å². The van der Waals surface area contributed by atoms with Crippen LogP contribution in [0.25, 0.3) is 0 Å². The van der Waals surface area contributed by atoms with Crippen molar-refractivity contribution in [2.24, 2.45) is 5.73 Å². The summed E-state index contributed by atoms with van der Waals surface area (Å²) in [6.45, 7) is 0.732. The molecular formula is C15H23NO2. The summed E-state index contributed by atoms with van der Waals surface area (Å²) in [5.41, 5.74) is 6.90. The Kier molecular flexibility index (Phi) is 5.02. The molecule has 1 aromatic carbocycles. The average Bonchev–Trinajstić information content (AvgIpc) is 2.85. The van der Waals surface area contributed by atoms with Crippen molar-refractivity contribution in [3.8, 4) is 5.75 Å². The summed E-state index contributed by atoms with van der Waals surface area (Å²) in [4.78, 5) is 0. The van der Waals surface area contributed by atoms with Crippen molar-refractivity contribution in [1.29, 1.82) is 0 Å². The zero-order valence-electron chi connectivity index (χ0n) is 11.1. The number of hydrogen-bond donors (Lipinski definition) is 1. The SMILES string of the molecule is COc1ccc(CCC2CCC(CCN)O2)cc1. The van der Waals surface area contributed by atoms with E-state index in [0.717, 1.165) is 31.6 Å². The van der Waals surface area contributed by atoms with Gasteiger partial charge >= 0.3 is 0 Å². The zero-order chi connectivity index (χ0) is 12.8. The highest BCUT2D eigenvalue weighted by molar-refractivity contribution is 5.27. The van der Waals surface area contributed by atoms with Crippen LogP contribution in [0.2, 0.25) is 0 Å². The van der Waals surface area contributed by atoms with Crippen LogP contribution in [0.15, 0.2) is 24.3 Å². The maximum Gasteiger partial charge on any atom is 0.118 e. The quantitative estimate of drug-likeness (QED) is 0.842. The van der Waals surface area contributed by atoms with Crippen molar-refractivity contribution in [2.45, 2.75) is 44.3 Å². The number of aryl methyl sites for hydroxylation is 1. The third-order valence-electron chi connectivity index (χ3n) is 3.60. The number of ether oxygens (including phenoxy) is 2. The Balaban J connectivity index is 1.74. The van der Waals surface area contributed by atoms with Crippen LogP contribution in [0.5, 0.6) is 5.75 Å². The third-order valence-corrected chi connectivity index (χ3v) is 3.60. The molecule has 0 aliphatic carbocycles. The molecule has 1 aliphatic rings. The molecule has 1 fully saturated rings. The van der Waals surface area contributed by atoms with E-state index in [4.69, 9.17) is 15.2 Å². The summed E-state index contributed by atoms with van der Waals surface area (Å²) < 4.78 is 11.1. The lowest BCUT2D eigenvalue weighted by Crippen LogP contribution is -2.15. The van der Waals surface area contributed by atoms with Gasteiger partial charge in [-0.2, -0.15) is 0 Å². The molecule has 2 unspecified atom stereocenters. The van der Waals surface area contributed by atoms with Gasteiger partial charge in [0.2, 0.25) is 0 Å². The van der Waals surface area contributed by atoms with Crippen molar-refractivity contribution in [1.82, 2.24) is 0 Å². The number of benzene rings is 1. The Bertz CT molecular complexity index is 350. The van der Waals surface area contributed by atoms with E-state index < -0.39 is 0 Å². The Hall–Kier alpha value is -1.06. The predicted octanol–water partition coefficient (Wildman–Crippen LogP) is 2.52. The number of methoxy groups -OCH3 is 1. The van der Waals surface area contributed by atoms with Crippen LogP contribution in [0.4, 0.5) is 0 Å². The van der Waals surface area contributed by atoms with Crippen LogP contribution in [0.1, 0.15) is 31.2 Å². The Morgan fingerprint density at radius 1 is 1.17 bits per heavy atom. The molecule has 2 atom stereocenters. The van der Waals surface area contributed by atoms with Gasteiger partial charge in [0.05, 0.1) is 19.3 Å². The molecular weight excluding hydrogens is 226 g/mol. The molecule has 0 radical (unpaired) electrons. The topological polar surface area (TPSA) is 44.5 Å². The first-order chi connectivity index (χ1) is 8.81. The molecule has 100 valence electrons. The first-order valence-electron chi connectivity index (χ1n) is 6.80. The maximum atomic E-state index is 5.96. The molecule has 1 aliphatic heterocycles. The van der Waals surface area contributed by atoms with Gasteiger partial charge in [-0.05, 0) is 56.3 Å². The van der Waals surface area contributed by atoms with Gasteiger partial charge in [-0.1, -0.05) is 12.1 Å². The number of rotatable bonds is 6. The highest BCUT2D eigenvalue weighted by atomic mass is 16.5. The minimum Gasteiger partial charge on any atom is -0.497 e. The van der Waals surface area contributed by atoms with Gasteiger partial charge in [0.15, 0.2) is 0 Å². The average molecular weight is 249 g/mol. The maximum absolute atomic E-state index is 5.96. The summed E-state index contributed by atoms with van der Waals surface area (Å²) in [5, 5.41) is 0. The monoisotopic (exact) mass is 249 g/mol. The highest BCUT2D eigenvalue weighted by Crippen LogP contribution is 2.25. The van der Waals surface area contributed by atoms with Crippen LogP contribution in [-0.2, 0) is 11.2 Å². The van der Waals surface area contributed by atoms with E-state index in [-0.39, 0.29) is 0 Å². The van der Waals surface area contributed by atoms with Gasteiger partial charge in [-0.25, -0.2) is 0 Å². The summed E-state index contributed by atoms with van der Waals surface area (Å²) in [5.74, 6) is 0.916. The molecule has 18 heavy (non-hydrogen) atoms. The lowest BCUT2D eigenvalue weighted by atomic mass is 10.0. The molecule has 1 heterocycles. The summed E-state index contributed by atoms with van der Waals surface area (Å²) in [7, 11) is 1.69. The van der Waals surface area contributed by atoms with E-state index in [1.807, 2.05) is 12.1 Å². The molecule has 0 saturated carbocycles. The molecule has 3 nitrogen and oxygen atoms in total. The molecule has 2 rings (SSSR count). The summed E-state index contributed by atoms with van der Waals surface area (Å²) >= 11 is 0. The smallest absolute Gasteiger partial charge is 0.118 e. The minimum atomic E-state index is 0.399. The van der Waals surface area contributed by atoms with Gasteiger partial charge in [-0.15, -0.1) is 0 Å². The van der Waals surface area contributed by atoms with Crippen molar-refractivity contribution >= 4 is 0 Å². The Labute approximate surface area is 109 Å². The summed E-state index contributed by atoms with van der Waals surface area (Å²) in [6, 6.07) is 8.29. The lowest BCUT2D eigenvalue weighted by Gasteiger charge is -2.13. The van der Waals surface area contributed by atoms with E-state index in [1.165, 1.54) is 18.4 Å². The van der Waals surface area contributed by atoms with E-state index in [1.54, 1.807) is 7.11 Å². The molecule has 2 N–H and O–H groups in total. The Morgan fingerprint density at radius 2 is 1.83 bits per heavy atom. The first-order valence-corrected chi connectivity index (χ1v) is 6.80. The van der Waals surface area contributed by atoms with Crippen LogP contribution in [0, 0.1) is 0 Å². The normalized spacial score (nSPS) is 23.2. The third kappa shape index (κ3) is 3.72. The second kappa shape index (κ2) is 6.76. The summed E-state index contributed by atoms with van der Waals surface area (Å²) in [6.07, 6.45) is 6.35. The van der Waals surface area contributed by atoms with Crippen LogP contribution < -0.4 is 10.5 Å². The van der Waals surface area contributed by atoms with E-state index in [0.29, 0.717) is 12.2 Å². The largest absolute Gasteiger partial charge is 0.497 e. The molecule has 1 saturated heterocycles. The molecule has 1 aromatic rings. The fourth-order valence-electron chi connectivity index (χ4n) is 2.51. The van der Waals surface area contributed by atoms with E-state index >= 15 is 0 Å². The number of hydrogen-bond acceptors (Lipinski definition) is 3. The second-order valence-corrected chi connectivity index (χ2v) is 4.92. The zero-order valence-corrected chi connectivity index (χ0v) is 11.1. The van der Waals surface area contributed by atoms with Crippen LogP contribution in [0.3, 0.4) is 0 Å². The highest BCUT2D eigenvalue weighted by Gasteiger charge is 2.23. The van der Waals surface area contributed by atoms with E-state index in [9.17, 15) is 0 Å². The Morgan fingerprint density at radius 3 is 2.44 bits per heavy atom. The van der Waals surface area contributed by atoms with E-state index in [2.05, 4.69) is 12.1 Å². The fraction of sp³-hybridized carbons (Fsp3) is 0.600. The minimum absolute atomic E-state index is 0.399. The first kappa shape index (κ1) is 13.4. The lowest BCUT2D eigenvalue weighted by molar-refractivity contribution is 0.0378. The van der Waals surface area contributed by atoms with Crippen LogP contribution >= 0.6 is 0 Å². The van der Waals surface area contributed by atoms with Gasteiger partial charge < -0.3 is 15.2 Å². The molecule has 3 heteroatoms. The van der Waals surface area contributed by atoms with Gasteiger partial charge in [0, 0.05) is 0 Å². The van der Waals surface area contributed by atoms with Crippen molar-refractivity contribution in [3.05, 3.63) is 29.8 Å². The molecule has 0 spiro atoms.